The molecule has 0 radical (unpaired) electrons. The van der Waals surface area contributed by atoms with Crippen LogP contribution in [0.25, 0.3) is 0 Å². The van der Waals surface area contributed by atoms with Crippen molar-refractivity contribution in [1.29, 1.82) is 0 Å². The molecule has 1 aliphatic heterocycles. The first kappa shape index (κ1) is 11.4. The molecule has 3 nitrogen and oxygen atoms in total. The van der Waals surface area contributed by atoms with Crippen LogP contribution in [-0.4, -0.2) is 0 Å². The summed E-state index contributed by atoms with van der Waals surface area (Å²) >= 11 is 0. The maximum atomic E-state index is 6.09. The van der Waals surface area contributed by atoms with Crippen LogP contribution in [-0.2, 0) is 10.3 Å². The lowest BCUT2D eigenvalue weighted by atomic mass is 9.94. The minimum atomic E-state index is -0.326. The lowest BCUT2D eigenvalue weighted by Gasteiger charge is -2.38. The minimum Gasteiger partial charge on any atom is -0.462 e. The molecule has 0 aliphatic carbocycles. The fourth-order valence-corrected chi connectivity index (χ4v) is 2.39. The van der Waals surface area contributed by atoms with Crippen molar-refractivity contribution in [2.45, 2.75) is 32.6 Å². The van der Waals surface area contributed by atoms with Crippen molar-refractivity contribution in [3.63, 3.8) is 0 Å². The first-order valence-electron chi connectivity index (χ1n) is 6.16. The molecule has 1 aromatic carbocycles. The Morgan fingerprint density at radius 2 is 1.89 bits per heavy atom. The molecule has 0 amide bonds. The fraction of sp³-hybridized carbons (Fsp3) is 0.333. The molecule has 0 unspecified atom stereocenters. The third kappa shape index (κ3) is 1.81. The van der Waals surface area contributed by atoms with E-state index in [0.29, 0.717) is 0 Å². The number of hydrogen-bond acceptors (Lipinski definition) is 3. The van der Waals surface area contributed by atoms with Crippen molar-refractivity contribution in [3.8, 4) is 0 Å². The molecule has 0 spiro atoms. The van der Waals surface area contributed by atoms with Crippen LogP contribution in [0.1, 0.15) is 37.2 Å². The van der Waals surface area contributed by atoms with Gasteiger partial charge in [0.15, 0.2) is 12.0 Å². The normalized spacial score (nSPS) is 21.2. The van der Waals surface area contributed by atoms with Crippen LogP contribution in [0.4, 0.5) is 5.69 Å². The molecule has 18 heavy (non-hydrogen) atoms. The fourth-order valence-electron chi connectivity index (χ4n) is 2.39. The van der Waals surface area contributed by atoms with Crippen molar-refractivity contribution >= 4 is 5.69 Å². The Bertz CT molecular complexity index is 571. The van der Waals surface area contributed by atoms with Crippen LogP contribution in [0, 0.1) is 6.92 Å². The molecule has 2 heterocycles. The predicted molar refractivity (Wildman–Crippen MR) is 70.4 cm³/mol. The van der Waals surface area contributed by atoms with Gasteiger partial charge < -0.3 is 14.5 Å². The van der Waals surface area contributed by atoms with Crippen LogP contribution < -0.4 is 5.32 Å². The van der Waals surface area contributed by atoms with Gasteiger partial charge in [0.2, 0.25) is 0 Å². The predicted octanol–water partition coefficient (Wildman–Crippen LogP) is 3.96. The average Bonchev–Trinajstić information content (AvgIpc) is 2.75. The molecule has 2 aromatic rings. The number of aryl methyl sites for hydroxylation is 1. The van der Waals surface area contributed by atoms with E-state index < -0.39 is 0 Å². The van der Waals surface area contributed by atoms with Gasteiger partial charge in [0.25, 0.3) is 0 Å². The number of fused-ring (bicyclic) bond motifs is 1. The highest BCUT2D eigenvalue weighted by molar-refractivity contribution is 5.55. The summed E-state index contributed by atoms with van der Waals surface area (Å²) in [6.45, 7) is 6.09. The van der Waals surface area contributed by atoms with Crippen LogP contribution >= 0.6 is 0 Å². The topological polar surface area (TPSA) is 34.4 Å². The molecule has 0 saturated carbocycles. The maximum absolute atomic E-state index is 6.09. The second-order valence-electron chi connectivity index (χ2n) is 5.15. The second-order valence-corrected chi connectivity index (χ2v) is 5.15. The Balaban J connectivity index is 2.00. The summed E-state index contributed by atoms with van der Waals surface area (Å²) < 4.78 is 11.7. The largest absolute Gasteiger partial charge is 0.462 e. The van der Waals surface area contributed by atoms with Gasteiger partial charge in [-0.05, 0) is 39.0 Å². The van der Waals surface area contributed by atoms with Crippen LogP contribution in [0.15, 0.2) is 40.8 Å². The summed E-state index contributed by atoms with van der Waals surface area (Å²) in [6.07, 6.45) is -0.233. The van der Waals surface area contributed by atoms with Gasteiger partial charge in [-0.3, -0.25) is 0 Å². The van der Waals surface area contributed by atoms with E-state index in [1.165, 1.54) is 5.56 Å². The van der Waals surface area contributed by atoms with E-state index >= 15 is 0 Å². The van der Waals surface area contributed by atoms with Crippen molar-refractivity contribution in [1.82, 2.24) is 0 Å². The Hall–Kier alpha value is -1.74. The first-order valence-corrected chi connectivity index (χ1v) is 6.16. The maximum Gasteiger partial charge on any atom is 0.187 e. The minimum absolute atomic E-state index is 0.233. The van der Waals surface area contributed by atoms with E-state index in [2.05, 4.69) is 31.3 Å². The van der Waals surface area contributed by atoms with Gasteiger partial charge in [-0.25, -0.2) is 0 Å². The zero-order chi connectivity index (χ0) is 12.8. The molecule has 0 fully saturated rings. The van der Waals surface area contributed by atoms with E-state index in [1.54, 1.807) is 0 Å². The average molecular weight is 243 g/mol. The Morgan fingerprint density at radius 1 is 1.11 bits per heavy atom. The number of anilines is 1. The summed E-state index contributed by atoms with van der Waals surface area (Å²) in [5.41, 5.74) is 1.95. The Morgan fingerprint density at radius 3 is 2.61 bits per heavy atom. The van der Waals surface area contributed by atoms with E-state index in [9.17, 15) is 0 Å². The van der Waals surface area contributed by atoms with Crippen LogP contribution in [0.5, 0.6) is 0 Å². The highest BCUT2D eigenvalue weighted by Gasteiger charge is 2.34. The summed E-state index contributed by atoms with van der Waals surface area (Å²) in [5, 5.41) is 3.37. The second kappa shape index (κ2) is 3.89. The number of benzene rings is 1. The van der Waals surface area contributed by atoms with Gasteiger partial charge in [-0.2, -0.15) is 0 Å². The highest BCUT2D eigenvalue weighted by Crippen LogP contribution is 2.41. The third-order valence-corrected chi connectivity index (χ3v) is 3.29. The Labute approximate surface area is 107 Å². The van der Waals surface area contributed by atoms with E-state index in [0.717, 1.165) is 17.2 Å². The van der Waals surface area contributed by atoms with Crippen molar-refractivity contribution in [3.05, 3.63) is 53.5 Å². The number of nitrogens with one attached hydrogen (secondary N) is 1. The third-order valence-electron chi connectivity index (χ3n) is 3.29. The van der Waals surface area contributed by atoms with Gasteiger partial charge in [-0.15, -0.1) is 0 Å². The molecule has 1 aromatic heterocycles. The van der Waals surface area contributed by atoms with Gasteiger partial charge in [-0.1, -0.05) is 18.2 Å². The highest BCUT2D eigenvalue weighted by atomic mass is 16.5. The lowest BCUT2D eigenvalue weighted by molar-refractivity contribution is -0.0811. The number of furan rings is 1. The van der Waals surface area contributed by atoms with Crippen LogP contribution in [0.2, 0.25) is 0 Å². The van der Waals surface area contributed by atoms with Crippen LogP contribution in [0.3, 0.4) is 0 Å². The smallest absolute Gasteiger partial charge is 0.187 e. The van der Waals surface area contributed by atoms with Crippen molar-refractivity contribution in [2.24, 2.45) is 0 Å². The molecule has 1 N–H and O–H groups in total. The summed E-state index contributed by atoms with van der Waals surface area (Å²) in [6, 6.07) is 12.1. The van der Waals surface area contributed by atoms with E-state index in [1.807, 2.05) is 31.2 Å². The molecule has 94 valence electrons. The zero-order valence-corrected chi connectivity index (χ0v) is 10.9. The molecule has 1 aliphatic rings. The quantitative estimate of drug-likeness (QED) is 0.823. The summed E-state index contributed by atoms with van der Waals surface area (Å²) in [7, 11) is 0. The number of ether oxygens (including phenoxy) is 1. The molecule has 3 heteroatoms. The van der Waals surface area contributed by atoms with Crippen molar-refractivity contribution < 1.29 is 9.15 Å². The van der Waals surface area contributed by atoms with E-state index in [4.69, 9.17) is 9.15 Å². The van der Waals surface area contributed by atoms with Gasteiger partial charge >= 0.3 is 0 Å². The van der Waals surface area contributed by atoms with Gasteiger partial charge in [0.05, 0.1) is 5.60 Å². The van der Waals surface area contributed by atoms with E-state index in [-0.39, 0.29) is 11.8 Å². The molecule has 0 saturated heterocycles. The summed E-state index contributed by atoms with van der Waals surface area (Å²) in [5.74, 6) is 1.71. The molecule has 1 atom stereocenters. The van der Waals surface area contributed by atoms with Gasteiger partial charge in [0, 0.05) is 11.3 Å². The zero-order valence-electron chi connectivity index (χ0n) is 10.9. The number of hydrogen-bond donors (Lipinski definition) is 1. The number of rotatable bonds is 1. The summed E-state index contributed by atoms with van der Waals surface area (Å²) in [4.78, 5) is 0. The monoisotopic (exact) mass is 243 g/mol. The first-order chi connectivity index (χ1) is 8.56. The van der Waals surface area contributed by atoms with Gasteiger partial charge in [0.1, 0.15) is 5.76 Å². The molecular weight excluding hydrogens is 226 g/mol. The molecular formula is C15H17NO2. The number of para-hydroxylation sites is 1. The molecule has 0 bridgehead atoms. The standard InChI is InChI=1S/C15H17NO2/c1-10-8-9-13(17-10)14-16-12-7-5-4-6-11(12)15(2,3)18-14/h4-9,14,16H,1-3H3/t14-/m0/s1. The lowest BCUT2D eigenvalue weighted by Crippen LogP contribution is -2.33. The molecule has 3 rings (SSSR count). The Kier molecular flexibility index (Phi) is 2.45. The SMILES string of the molecule is Cc1ccc([C@H]2Nc3ccccc3C(C)(C)O2)o1. The van der Waals surface area contributed by atoms with Crippen molar-refractivity contribution in [2.75, 3.05) is 5.32 Å².